The topological polar surface area (TPSA) is 62.7 Å². The summed E-state index contributed by atoms with van der Waals surface area (Å²) >= 11 is 5.99. The first-order chi connectivity index (χ1) is 13.1. The van der Waals surface area contributed by atoms with E-state index in [1.54, 1.807) is 48.8 Å². The second kappa shape index (κ2) is 7.50. The van der Waals surface area contributed by atoms with Crippen LogP contribution in [0.3, 0.4) is 0 Å². The predicted molar refractivity (Wildman–Crippen MR) is 101 cm³/mol. The molecule has 2 amide bonds. The van der Waals surface area contributed by atoms with Crippen molar-refractivity contribution in [2.75, 3.05) is 26.3 Å². The summed E-state index contributed by atoms with van der Waals surface area (Å²) < 4.78 is 5.40. The molecular formula is C20H18ClN3O3. The van der Waals surface area contributed by atoms with E-state index in [1.165, 1.54) is 4.90 Å². The SMILES string of the molecule is O=C1C(c2ccc(Cl)cc2)=C(N2CCOCC2)C(=O)N1Cc1ccncc1. The second-order valence-corrected chi connectivity index (χ2v) is 6.82. The zero-order chi connectivity index (χ0) is 18.8. The highest BCUT2D eigenvalue weighted by Crippen LogP contribution is 2.33. The third-order valence-electron chi connectivity index (χ3n) is 4.69. The van der Waals surface area contributed by atoms with Gasteiger partial charge in [-0.25, -0.2) is 0 Å². The van der Waals surface area contributed by atoms with E-state index in [0.717, 1.165) is 5.56 Å². The number of hydrogen-bond donors (Lipinski definition) is 0. The monoisotopic (exact) mass is 383 g/mol. The van der Waals surface area contributed by atoms with E-state index >= 15 is 0 Å². The second-order valence-electron chi connectivity index (χ2n) is 6.38. The molecule has 3 heterocycles. The molecule has 0 bridgehead atoms. The van der Waals surface area contributed by atoms with Crippen LogP contribution in [0, 0.1) is 0 Å². The number of aromatic nitrogens is 1. The van der Waals surface area contributed by atoms with Gasteiger partial charge in [-0.15, -0.1) is 0 Å². The molecule has 138 valence electrons. The van der Waals surface area contributed by atoms with E-state index in [0.29, 0.717) is 48.2 Å². The van der Waals surface area contributed by atoms with Crippen LogP contribution in [0.25, 0.3) is 5.57 Å². The Morgan fingerprint density at radius 1 is 0.963 bits per heavy atom. The van der Waals surface area contributed by atoms with Crippen LogP contribution in [-0.2, 0) is 20.9 Å². The molecule has 7 heteroatoms. The van der Waals surface area contributed by atoms with Gasteiger partial charge < -0.3 is 9.64 Å². The van der Waals surface area contributed by atoms with Gasteiger partial charge in [-0.3, -0.25) is 19.5 Å². The standard InChI is InChI=1S/C20H18ClN3O3/c21-16-3-1-15(2-4-16)17-18(23-9-11-27-12-10-23)20(26)24(19(17)25)13-14-5-7-22-8-6-14/h1-8H,9-13H2. The van der Waals surface area contributed by atoms with E-state index in [9.17, 15) is 9.59 Å². The molecule has 0 atom stereocenters. The van der Waals surface area contributed by atoms with Gasteiger partial charge in [-0.05, 0) is 35.4 Å². The van der Waals surface area contributed by atoms with E-state index in [1.807, 2.05) is 4.90 Å². The highest BCUT2D eigenvalue weighted by molar-refractivity contribution is 6.35. The molecule has 0 aliphatic carbocycles. The average Bonchev–Trinajstić information content (AvgIpc) is 2.95. The highest BCUT2D eigenvalue weighted by Gasteiger charge is 2.41. The van der Waals surface area contributed by atoms with Gasteiger partial charge in [0.2, 0.25) is 0 Å². The van der Waals surface area contributed by atoms with E-state index in [-0.39, 0.29) is 18.4 Å². The Kier molecular flexibility index (Phi) is 4.92. The number of hydrogen-bond acceptors (Lipinski definition) is 5. The first-order valence-electron chi connectivity index (χ1n) is 8.73. The molecule has 27 heavy (non-hydrogen) atoms. The predicted octanol–water partition coefficient (Wildman–Crippen LogP) is 2.35. The van der Waals surface area contributed by atoms with Gasteiger partial charge in [0, 0.05) is 30.5 Å². The average molecular weight is 384 g/mol. The van der Waals surface area contributed by atoms with Gasteiger partial charge in [0.1, 0.15) is 5.70 Å². The van der Waals surface area contributed by atoms with Gasteiger partial charge in [0.05, 0.1) is 25.3 Å². The van der Waals surface area contributed by atoms with E-state index in [4.69, 9.17) is 16.3 Å². The summed E-state index contributed by atoms with van der Waals surface area (Å²) in [5.74, 6) is -0.565. The molecule has 6 nitrogen and oxygen atoms in total. The summed E-state index contributed by atoms with van der Waals surface area (Å²) in [7, 11) is 0. The Bertz CT molecular complexity index is 890. The van der Waals surface area contributed by atoms with Gasteiger partial charge in [-0.1, -0.05) is 23.7 Å². The Labute approximate surface area is 162 Å². The van der Waals surface area contributed by atoms with Crippen molar-refractivity contribution in [2.45, 2.75) is 6.54 Å². The summed E-state index contributed by atoms with van der Waals surface area (Å²) in [6, 6.07) is 10.6. The fourth-order valence-electron chi connectivity index (χ4n) is 3.33. The van der Waals surface area contributed by atoms with Gasteiger partial charge >= 0.3 is 0 Å². The number of carbonyl (C=O) groups is 2. The van der Waals surface area contributed by atoms with Crippen molar-refractivity contribution >= 4 is 29.0 Å². The van der Waals surface area contributed by atoms with E-state index < -0.39 is 0 Å². The van der Waals surface area contributed by atoms with Gasteiger partial charge in [-0.2, -0.15) is 0 Å². The molecule has 1 aromatic carbocycles. The molecule has 1 aromatic heterocycles. The molecule has 4 rings (SSSR count). The van der Waals surface area contributed by atoms with Crippen molar-refractivity contribution in [3.05, 3.63) is 70.6 Å². The molecule has 2 aliphatic heterocycles. The number of imide groups is 1. The minimum absolute atomic E-state index is 0.213. The largest absolute Gasteiger partial charge is 0.378 e. The zero-order valence-corrected chi connectivity index (χ0v) is 15.4. The third-order valence-corrected chi connectivity index (χ3v) is 4.95. The fourth-order valence-corrected chi connectivity index (χ4v) is 3.46. The molecule has 1 fully saturated rings. The molecular weight excluding hydrogens is 366 g/mol. The van der Waals surface area contributed by atoms with Crippen LogP contribution < -0.4 is 0 Å². The molecule has 0 N–H and O–H groups in total. The first kappa shape index (κ1) is 17.7. The van der Waals surface area contributed by atoms with Crippen LogP contribution in [0.15, 0.2) is 54.5 Å². The number of rotatable bonds is 4. The lowest BCUT2D eigenvalue weighted by Gasteiger charge is -2.29. The zero-order valence-electron chi connectivity index (χ0n) is 14.6. The number of ether oxygens (including phenoxy) is 1. The summed E-state index contributed by atoms with van der Waals surface area (Å²) in [6.45, 7) is 2.43. The van der Waals surface area contributed by atoms with Crippen molar-refractivity contribution < 1.29 is 14.3 Å². The number of nitrogens with zero attached hydrogens (tertiary/aromatic N) is 3. The molecule has 1 saturated heterocycles. The molecule has 2 aliphatic rings. The number of amides is 2. The van der Waals surface area contributed by atoms with Crippen LogP contribution in [0.2, 0.25) is 5.02 Å². The lowest BCUT2D eigenvalue weighted by Crippen LogP contribution is -2.40. The smallest absolute Gasteiger partial charge is 0.278 e. The quantitative estimate of drug-likeness (QED) is 0.758. The lowest BCUT2D eigenvalue weighted by atomic mass is 10.0. The number of morpholine rings is 1. The Balaban J connectivity index is 1.73. The van der Waals surface area contributed by atoms with Gasteiger partial charge in [0.15, 0.2) is 0 Å². The Morgan fingerprint density at radius 3 is 2.30 bits per heavy atom. The Morgan fingerprint density at radius 2 is 1.63 bits per heavy atom. The van der Waals surface area contributed by atoms with Crippen LogP contribution in [0.1, 0.15) is 11.1 Å². The minimum Gasteiger partial charge on any atom is -0.378 e. The van der Waals surface area contributed by atoms with E-state index in [2.05, 4.69) is 4.98 Å². The molecule has 0 unspecified atom stereocenters. The maximum atomic E-state index is 13.2. The first-order valence-corrected chi connectivity index (χ1v) is 9.11. The van der Waals surface area contributed by atoms with Crippen molar-refractivity contribution in [2.24, 2.45) is 0 Å². The lowest BCUT2D eigenvalue weighted by molar-refractivity contribution is -0.138. The van der Waals surface area contributed by atoms with Crippen LogP contribution in [0.4, 0.5) is 0 Å². The molecule has 0 spiro atoms. The number of halogens is 1. The summed E-state index contributed by atoms with van der Waals surface area (Å²) in [4.78, 5) is 33.6. The maximum absolute atomic E-state index is 13.2. The number of pyridine rings is 1. The maximum Gasteiger partial charge on any atom is 0.278 e. The normalized spacial score (nSPS) is 17.8. The van der Waals surface area contributed by atoms with Crippen molar-refractivity contribution in [3.63, 3.8) is 0 Å². The molecule has 2 aromatic rings. The van der Waals surface area contributed by atoms with Crippen molar-refractivity contribution in [3.8, 4) is 0 Å². The number of benzene rings is 1. The Hall–Kier alpha value is -2.70. The fraction of sp³-hybridized carbons (Fsp3) is 0.250. The molecule has 0 radical (unpaired) electrons. The number of carbonyl (C=O) groups excluding carboxylic acids is 2. The van der Waals surface area contributed by atoms with Gasteiger partial charge in [0.25, 0.3) is 11.8 Å². The summed E-state index contributed by atoms with van der Waals surface area (Å²) in [5.41, 5.74) is 2.41. The summed E-state index contributed by atoms with van der Waals surface area (Å²) in [6.07, 6.45) is 3.30. The third kappa shape index (κ3) is 3.46. The van der Waals surface area contributed by atoms with Crippen LogP contribution in [-0.4, -0.2) is 52.9 Å². The highest BCUT2D eigenvalue weighted by atomic mass is 35.5. The van der Waals surface area contributed by atoms with Crippen LogP contribution in [0.5, 0.6) is 0 Å². The summed E-state index contributed by atoms with van der Waals surface area (Å²) in [5, 5.41) is 0.581. The van der Waals surface area contributed by atoms with Crippen LogP contribution >= 0.6 is 11.6 Å². The molecule has 0 saturated carbocycles. The van der Waals surface area contributed by atoms with Crippen molar-refractivity contribution in [1.82, 2.24) is 14.8 Å². The van der Waals surface area contributed by atoms with Crippen molar-refractivity contribution in [1.29, 1.82) is 0 Å². The minimum atomic E-state index is -0.291.